The van der Waals surface area contributed by atoms with Crippen LogP contribution in [-0.2, 0) is 6.42 Å². The summed E-state index contributed by atoms with van der Waals surface area (Å²) in [6.45, 7) is 4.09. The normalized spacial score (nSPS) is 10.1. The Morgan fingerprint density at radius 1 is 1.25 bits per heavy atom. The molecule has 82 valence electrons. The number of hydrogen-bond donors (Lipinski definition) is 1. The molecule has 0 radical (unpaired) electrons. The smallest absolute Gasteiger partial charge is 0.227 e. The average molecular weight is 213 g/mol. The molecule has 16 heavy (non-hydrogen) atoms. The first-order chi connectivity index (χ1) is 7.78. The molecule has 2 aromatic rings. The Morgan fingerprint density at radius 2 is 2.12 bits per heavy atom. The van der Waals surface area contributed by atoms with Gasteiger partial charge in [0.15, 0.2) is 0 Å². The molecule has 0 amide bonds. The summed E-state index contributed by atoms with van der Waals surface area (Å²) in [4.78, 5) is 8.47. The van der Waals surface area contributed by atoms with E-state index in [1.165, 1.54) is 5.56 Å². The summed E-state index contributed by atoms with van der Waals surface area (Å²) in [5.41, 5.74) is 3.30. The molecule has 0 aliphatic heterocycles. The van der Waals surface area contributed by atoms with Gasteiger partial charge in [0.25, 0.3) is 0 Å². The molecule has 0 unspecified atom stereocenters. The Bertz CT molecular complexity index is 480. The summed E-state index contributed by atoms with van der Waals surface area (Å²) in [6.07, 6.45) is 2.79. The van der Waals surface area contributed by atoms with E-state index in [4.69, 9.17) is 0 Å². The first kappa shape index (κ1) is 10.6. The summed E-state index contributed by atoms with van der Waals surface area (Å²) < 4.78 is 0. The third-order valence-electron chi connectivity index (χ3n) is 2.39. The van der Waals surface area contributed by atoms with Crippen molar-refractivity contribution in [3.63, 3.8) is 0 Å². The zero-order valence-electron chi connectivity index (χ0n) is 9.57. The SMILES string of the molecule is CCc1cccc(Nc2nccc(C)n2)c1. The van der Waals surface area contributed by atoms with Crippen molar-refractivity contribution in [3.8, 4) is 0 Å². The van der Waals surface area contributed by atoms with Crippen molar-refractivity contribution < 1.29 is 0 Å². The molecule has 0 saturated carbocycles. The van der Waals surface area contributed by atoms with Gasteiger partial charge in [-0.15, -0.1) is 0 Å². The first-order valence-electron chi connectivity index (χ1n) is 5.43. The highest BCUT2D eigenvalue weighted by Gasteiger charge is 1.98. The quantitative estimate of drug-likeness (QED) is 0.851. The van der Waals surface area contributed by atoms with Crippen LogP contribution in [0, 0.1) is 6.92 Å². The fourth-order valence-corrected chi connectivity index (χ4v) is 1.51. The van der Waals surface area contributed by atoms with Crippen LogP contribution in [0.3, 0.4) is 0 Å². The Hall–Kier alpha value is -1.90. The molecule has 0 saturated heterocycles. The van der Waals surface area contributed by atoms with Gasteiger partial charge in [-0.2, -0.15) is 0 Å². The van der Waals surface area contributed by atoms with Gasteiger partial charge in [-0.1, -0.05) is 19.1 Å². The van der Waals surface area contributed by atoms with Gasteiger partial charge in [0.05, 0.1) is 0 Å². The molecule has 0 bridgehead atoms. The first-order valence-corrected chi connectivity index (χ1v) is 5.43. The van der Waals surface area contributed by atoms with Crippen molar-refractivity contribution in [2.75, 3.05) is 5.32 Å². The Labute approximate surface area is 95.6 Å². The second kappa shape index (κ2) is 4.75. The molecule has 1 heterocycles. The van der Waals surface area contributed by atoms with Crippen LogP contribution in [0.4, 0.5) is 11.6 Å². The van der Waals surface area contributed by atoms with Crippen LogP contribution in [0.1, 0.15) is 18.2 Å². The summed E-state index contributed by atoms with van der Waals surface area (Å²) in [5, 5.41) is 3.20. The summed E-state index contributed by atoms with van der Waals surface area (Å²) in [5.74, 6) is 0.647. The monoisotopic (exact) mass is 213 g/mol. The molecule has 3 heteroatoms. The van der Waals surface area contributed by atoms with E-state index in [1.807, 2.05) is 25.1 Å². The highest BCUT2D eigenvalue weighted by molar-refractivity contribution is 5.54. The van der Waals surface area contributed by atoms with Crippen LogP contribution in [0.25, 0.3) is 0 Å². The zero-order valence-corrected chi connectivity index (χ0v) is 9.57. The molecule has 0 aliphatic carbocycles. The van der Waals surface area contributed by atoms with Gasteiger partial charge in [0.1, 0.15) is 0 Å². The second-order valence-corrected chi connectivity index (χ2v) is 3.70. The molecule has 3 nitrogen and oxygen atoms in total. The Balaban J connectivity index is 2.20. The van der Waals surface area contributed by atoms with Crippen molar-refractivity contribution in [1.29, 1.82) is 0 Å². The lowest BCUT2D eigenvalue weighted by Crippen LogP contribution is -1.97. The zero-order chi connectivity index (χ0) is 11.4. The van der Waals surface area contributed by atoms with Crippen molar-refractivity contribution in [1.82, 2.24) is 9.97 Å². The van der Waals surface area contributed by atoms with Crippen LogP contribution < -0.4 is 5.32 Å². The fraction of sp³-hybridized carbons (Fsp3) is 0.231. The molecule has 0 aliphatic rings. The number of nitrogens with one attached hydrogen (secondary N) is 1. The van der Waals surface area contributed by atoms with E-state index in [0.29, 0.717) is 5.95 Å². The molecular formula is C13H15N3. The minimum Gasteiger partial charge on any atom is -0.324 e. The van der Waals surface area contributed by atoms with Crippen LogP contribution >= 0.6 is 0 Å². The number of hydrogen-bond acceptors (Lipinski definition) is 3. The van der Waals surface area contributed by atoms with Crippen LogP contribution in [0.5, 0.6) is 0 Å². The lowest BCUT2D eigenvalue weighted by atomic mass is 10.1. The van der Waals surface area contributed by atoms with Gasteiger partial charge >= 0.3 is 0 Å². The molecule has 0 spiro atoms. The van der Waals surface area contributed by atoms with Crippen molar-refractivity contribution in [3.05, 3.63) is 47.8 Å². The van der Waals surface area contributed by atoms with Gasteiger partial charge in [-0.05, 0) is 37.1 Å². The number of benzene rings is 1. The summed E-state index contributed by atoms with van der Waals surface area (Å²) >= 11 is 0. The molecule has 1 aromatic heterocycles. The molecule has 1 aromatic carbocycles. The predicted octanol–water partition coefficient (Wildman–Crippen LogP) is 3.09. The molecule has 0 fully saturated rings. The maximum atomic E-state index is 4.30. The minimum absolute atomic E-state index is 0.647. The fourth-order valence-electron chi connectivity index (χ4n) is 1.51. The summed E-state index contributed by atoms with van der Waals surface area (Å²) in [7, 11) is 0. The Kier molecular flexibility index (Phi) is 3.15. The van der Waals surface area contributed by atoms with E-state index in [9.17, 15) is 0 Å². The molecule has 0 atom stereocenters. The van der Waals surface area contributed by atoms with E-state index >= 15 is 0 Å². The van der Waals surface area contributed by atoms with Gasteiger partial charge in [0, 0.05) is 17.6 Å². The molecule has 2 rings (SSSR count). The minimum atomic E-state index is 0.647. The van der Waals surface area contributed by atoms with Gasteiger partial charge < -0.3 is 5.32 Å². The largest absolute Gasteiger partial charge is 0.324 e. The number of anilines is 2. The van der Waals surface area contributed by atoms with Gasteiger partial charge in [-0.3, -0.25) is 0 Å². The van der Waals surface area contributed by atoms with E-state index in [2.05, 4.69) is 34.3 Å². The van der Waals surface area contributed by atoms with Gasteiger partial charge in [0.2, 0.25) is 5.95 Å². The second-order valence-electron chi connectivity index (χ2n) is 3.70. The number of aryl methyl sites for hydroxylation is 2. The third-order valence-corrected chi connectivity index (χ3v) is 2.39. The van der Waals surface area contributed by atoms with Crippen molar-refractivity contribution >= 4 is 11.6 Å². The highest BCUT2D eigenvalue weighted by Crippen LogP contribution is 2.14. The summed E-state index contributed by atoms with van der Waals surface area (Å²) in [6, 6.07) is 10.2. The Morgan fingerprint density at radius 3 is 2.88 bits per heavy atom. The van der Waals surface area contributed by atoms with Crippen LogP contribution in [0.2, 0.25) is 0 Å². The lowest BCUT2D eigenvalue weighted by molar-refractivity contribution is 1.10. The van der Waals surface area contributed by atoms with E-state index < -0.39 is 0 Å². The topological polar surface area (TPSA) is 37.8 Å². The molecule has 1 N–H and O–H groups in total. The average Bonchev–Trinajstić information content (AvgIpc) is 2.29. The maximum Gasteiger partial charge on any atom is 0.227 e. The standard InChI is InChI=1S/C13H15N3/c1-3-11-5-4-6-12(9-11)16-13-14-8-7-10(2)15-13/h4-9H,3H2,1-2H3,(H,14,15,16). The number of aromatic nitrogens is 2. The van der Waals surface area contributed by atoms with Crippen molar-refractivity contribution in [2.45, 2.75) is 20.3 Å². The van der Waals surface area contributed by atoms with E-state index in [-0.39, 0.29) is 0 Å². The lowest BCUT2D eigenvalue weighted by Gasteiger charge is -2.06. The number of rotatable bonds is 3. The highest BCUT2D eigenvalue weighted by atomic mass is 15.1. The predicted molar refractivity (Wildman–Crippen MR) is 65.9 cm³/mol. The third kappa shape index (κ3) is 2.57. The number of nitrogens with zero attached hydrogens (tertiary/aromatic N) is 2. The van der Waals surface area contributed by atoms with Crippen LogP contribution in [0.15, 0.2) is 36.5 Å². The van der Waals surface area contributed by atoms with E-state index in [1.54, 1.807) is 6.20 Å². The van der Waals surface area contributed by atoms with E-state index in [0.717, 1.165) is 17.8 Å². The molecular weight excluding hydrogens is 198 g/mol. The van der Waals surface area contributed by atoms with Crippen LogP contribution in [-0.4, -0.2) is 9.97 Å². The van der Waals surface area contributed by atoms with Crippen molar-refractivity contribution in [2.24, 2.45) is 0 Å². The maximum absolute atomic E-state index is 4.30. The van der Waals surface area contributed by atoms with Gasteiger partial charge in [-0.25, -0.2) is 9.97 Å².